The highest BCUT2D eigenvalue weighted by Crippen LogP contribution is 2.25. The van der Waals surface area contributed by atoms with Gasteiger partial charge in [-0.1, -0.05) is 77.8 Å². The third-order valence-electron chi connectivity index (χ3n) is 4.84. The first kappa shape index (κ1) is 21.2. The molecule has 0 spiro atoms. The van der Waals surface area contributed by atoms with Crippen molar-refractivity contribution in [1.82, 2.24) is 0 Å². The van der Waals surface area contributed by atoms with Crippen LogP contribution in [0.15, 0.2) is 29.2 Å². The van der Waals surface area contributed by atoms with Crippen molar-refractivity contribution in [1.29, 1.82) is 0 Å². The largest absolute Gasteiger partial charge is 0.296 e. The lowest BCUT2D eigenvalue weighted by Crippen LogP contribution is -2.03. The van der Waals surface area contributed by atoms with E-state index in [1.165, 1.54) is 57.6 Å². The van der Waals surface area contributed by atoms with Crippen molar-refractivity contribution >= 4 is 10.1 Å². The van der Waals surface area contributed by atoms with E-state index in [9.17, 15) is 8.42 Å². The lowest BCUT2D eigenvalue weighted by Gasteiger charge is -2.14. The molecule has 0 aromatic heterocycles. The fraction of sp³-hybridized carbons (Fsp3) is 0.700. The van der Waals surface area contributed by atoms with Crippen LogP contribution in [0, 0.1) is 5.92 Å². The summed E-state index contributed by atoms with van der Waals surface area (Å²) in [6.07, 6.45) is 10.4. The van der Waals surface area contributed by atoms with Gasteiger partial charge in [-0.15, -0.1) is 0 Å². The molecular formula is C20H34O3S. The molecule has 0 saturated carbocycles. The first-order valence-electron chi connectivity index (χ1n) is 9.31. The fourth-order valence-corrected chi connectivity index (χ4v) is 3.72. The summed E-state index contributed by atoms with van der Waals surface area (Å²) in [6.45, 7) is 6.84. The van der Waals surface area contributed by atoms with E-state index < -0.39 is 10.1 Å². The normalized spacial score (nSPS) is 14.5. The van der Waals surface area contributed by atoms with E-state index in [1.54, 1.807) is 12.1 Å². The van der Waals surface area contributed by atoms with Crippen LogP contribution in [0.25, 0.3) is 0 Å². The molecule has 0 N–H and O–H groups in total. The highest BCUT2D eigenvalue weighted by Gasteiger charge is 2.13. The van der Waals surface area contributed by atoms with Gasteiger partial charge in [0.1, 0.15) is 0 Å². The highest BCUT2D eigenvalue weighted by molar-refractivity contribution is 7.86. The molecule has 3 nitrogen and oxygen atoms in total. The summed E-state index contributed by atoms with van der Waals surface area (Å²) < 4.78 is 27.8. The van der Waals surface area contributed by atoms with E-state index >= 15 is 0 Å². The van der Waals surface area contributed by atoms with Crippen LogP contribution in [-0.2, 0) is 14.3 Å². The molecule has 0 saturated heterocycles. The molecule has 2 atom stereocenters. The Hall–Kier alpha value is -0.870. The molecule has 2 unspecified atom stereocenters. The summed E-state index contributed by atoms with van der Waals surface area (Å²) in [4.78, 5) is 0.224. The van der Waals surface area contributed by atoms with E-state index in [0.717, 1.165) is 12.3 Å². The van der Waals surface area contributed by atoms with Gasteiger partial charge in [0.25, 0.3) is 10.1 Å². The molecule has 1 aromatic rings. The Bertz CT molecular complexity index is 549. The second-order valence-electron chi connectivity index (χ2n) is 6.98. The zero-order chi connectivity index (χ0) is 18.0. The monoisotopic (exact) mass is 354 g/mol. The Balaban J connectivity index is 2.34. The smallest absolute Gasteiger partial charge is 0.270 e. The van der Waals surface area contributed by atoms with Crippen LogP contribution in [0.3, 0.4) is 0 Å². The van der Waals surface area contributed by atoms with Gasteiger partial charge in [0.2, 0.25) is 0 Å². The third-order valence-corrected chi connectivity index (χ3v) is 6.13. The summed E-state index contributed by atoms with van der Waals surface area (Å²) in [5, 5.41) is 0. The molecule has 0 fully saturated rings. The number of unbranched alkanes of at least 4 members (excludes halogenated alkanes) is 3. The third kappa shape index (κ3) is 7.35. The predicted molar refractivity (Wildman–Crippen MR) is 101 cm³/mol. The molecule has 0 aliphatic heterocycles. The topological polar surface area (TPSA) is 43.4 Å². The summed E-state index contributed by atoms with van der Waals surface area (Å²) in [5.41, 5.74) is 1.20. The van der Waals surface area contributed by atoms with Gasteiger partial charge in [-0.3, -0.25) is 4.18 Å². The summed E-state index contributed by atoms with van der Waals surface area (Å²) in [5.74, 6) is 1.30. The maximum atomic E-state index is 11.6. The van der Waals surface area contributed by atoms with E-state index in [0.29, 0.717) is 5.92 Å². The Morgan fingerprint density at radius 3 is 2.00 bits per heavy atom. The lowest BCUT2D eigenvalue weighted by atomic mass is 9.92. The second kappa shape index (κ2) is 10.9. The molecule has 0 radical (unpaired) electrons. The van der Waals surface area contributed by atoms with Crippen molar-refractivity contribution in [2.45, 2.75) is 83.0 Å². The standard InChI is InChI=1S/C20H34O3S/c1-5-6-7-10-17(2)11-8-9-12-18(3)19-13-15-20(16-14-19)24(21,22)23-4/h13-18H,5-12H2,1-4H3. The highest BCUT2D eigenvalue weighted by atomic mass is 32.2. The van der Waals surface area contributed by atoms with Gasteiger partial charge in [-0.05, 0) is 36.0 Å². The molecule has 24 heavy (non-hydrogen) atoms. The second-order valence-corrected chi connectivity index (χ2v) is 8.69. The van der Waals surface area contributed by atoms with Crippen LogP contribution in [0.5, 0.6) is 0 Å². The SMILES string of the molecule is CCCCCC(C)CCCCC(C)c1ccc(S(=O)(=O)OC)cc1. The van der Waals surface area contributed by atoms with Gasteiger partial charge in [0.15, 0.2) is 0 Å². The van der Waals surface area contributed by atoms with Crippen LogP contribution in [0.1, 0.15) is 83.6 Å². The molecular weight excluding hydrogens is 320 g/mol. The Labute approximate surface area is 148 Å². The van der Waals surface area contributed by atoms with Gasteiger partial charge < -0.3 is 0 Å². The molecule has 4 heteroatoms. The predicted octanol–water partition coefficient (Wildman–Crippen LogP) is 5.90. The number of hydrogen-bond donors (Lipinski definition) is 0. The van der Waals surface area contributed by atoms with Gasteiger partial charge in [-0.25, -0.2) is 0 Å². The van der Waals surface area contributed by atoms with Crippen molar-refractivity contribution in [3.8, 4) is 0 Å². The van der Waals surface area contributed by atoms with Gasteiger partial charge in [-0.2, -0.15) is 8.42 Å². The van der Waals surface area contributed by atoms with Crippen molar-refractivity contribution < 1.29 is 12.6 Å². The molecule has 0 amide bonds. The quantitative estimate of drug-likeness (QED) is 0.346. The van der Waals surface area contributed by atoms with Gasteiger partial charge in [0, 0.05) is 0 Å². The molecule has 1 rings (SSSR count). The molecule has 0 aliphatic rings. The summed E-state index contributed by atoms with van der Waals surface area (Å²) >= 11 is 0. The fourth-order valence-electron chi connectivity index (χ4n) is 3.06. The van der Waals surface area contributed by atoms with Crippen LogP contribution >= 0.6 is 0 Å². The maximum absolute atomic E-state index is 11.6. The molecule has 138 valence electrons. The van der Waals surface area contributed by atoms with E-state index in [4.69, 9.17) is 0 Å². The number of benzene rings is 1. The van der Waals surface area contributed by atoms with Crippen LogP contribution in [0.2, 0.25) is 0 Å². The first-order valence-corrected chi connectivity index (χ1v) is 10.7. The van der Waals surface area contributed by atoms with Gasteiger partial charge in [0.05, 0.1) is 12.0 Å². The Morgan fingerprint density at radius 2 is 1.46 bits per heavy atom. The molecule has 1 aromatic carbocycles. The molecule has 0 bridgehead atoms. The van der Waals surface area contributed by atoms with Crippen LogP contribution < -0.4 is 0 Å². The van der Waals surface area contributed by atoms with Crippen LogP contribution in [-0.4, -0.2) is 15.5 Å². The van der Waals surface area contributed by atoms with Crippen molar-refractivity contribution in [2.75, 3.05) is 7.11 Å². The molecule has 0 aliphatic carbocycles. The minimum absolute atomic E-state index is 0.224. The summed E-state index contributed by atoms with van der Waals surface area (Å²) in [7, 11) is -2.39. The van der Waals surface area contributed by atoms with Gasteiger partial charge >= 0.3 is 0 Å². The lowest BCUT2D eigenvalue weighted by molar-refractivity contribution is 0.397. The van der Waals surface area contributed by atoms with Crippen molar-refractivity contribution in [3.05, 3.63) is 29.8 Å². The Morgan fingerprint density at radius 1 is 0.917 bits per heavy atom. The Kier molecular flexibility index (Phi) is 9.60. The number of hydrogen-bond acceptors (Lipinski definition) is 3. The average Bonchev–Trinajstić information content (AvgIpc) is 2.59. The van der Waals surface area contributed by atoms with Crippen molar-refractivity contribution in [3.63, 3.8) is 0 Å². The van der Waals surface area contributed by atoms with Crippen molar-refractivity contribution in [2.24, 2.45) is 5.92 Å². The summed E-state index contributed by atoms with van der Waals surface area (Å²) in [6, 6.07) is 7.09. The zero-order valence-corrected chi connectivity index (χ0v) is 16.6. The average molecular weight is 355 g/mol. The van der Waals surface area contributed by atoms with E-state index in [1.807, 2.05) is 12.1 Å². The minimum Gasteiger partial charge on any atom is -0.270 e. The minimum atomic E-state index is -3.58. The maximum Gasteiger partial charge on any atom is 0.296 e. The molecule has 0 heterocycles. The zero-order valence-electron chi connectivity index (χ0n) is 15.8. The van der Waals surface area contributed by atoms with Crippen LogP contribution in [0.4, 0.5) is 0 Å². The first-order chi connectivity index (χ1) is 11.4. The number of rotatable bonds is 12. The van der Waals surface area contributed by atoms with E-state index in [2.05, 4.69) is 25.0 Å². The van der Waals surface area contributed by atoms with E-state index in [-0.39, 0.29) is 4.90 Å².